The Bertz CT molecular complexity index is 929. The second-order valence-corrected chi connectivity index (χ2v) is 7.72. The van der Waals surface area contributed by atoms with Crippen LogP contribution in [-0.2, 0) is 10.0 Å². The van der Waals surface area contributed by atoms with E-state index in [9.17, 15) is 12.8 Å². The molecule has 1 N–H and O–H groups in total. The molecule has 10 heteroatoms. The highest BCUT2D eigenvalue weighted by Gasteiger charge is 2.19. The van der Waals surface area contributed by atoms with Gasteiger partial charge in [-0.15, -0.1) is 11.8 Å². The van der Waals surface area contributed by atoms with Gasteiger partial charge < -0.3 is 0 Å². The van der Waals surface area contributed by atoms with Crippen molar-refractivity contribution in [3.05, 3.63) is 34.9 Å². The van der Waals surface area contributed by atoms with Crippen molar-refractivity contribution in [2.75, 3.05) is 16.7 Å². The minimum absolute atomic E-state index is 0.0227. The van der Waals surface area contributed by atoms with Gasteiger partial charge in [-0.1, -0.05) is 11.6 Å². The Kier molecular flexibility index (Phi) is 5.64. The molecule has 2 rings (SSSR count). The highest BCUT2D eigenvalue weighted by molar-refractivity contribution is 7.98. The molecule has 0 aliphatic rings. The number of sulfonamides is 1. The van der Waals surface area contributed by atoms with Crippen LogP contribution >= 0.6 is 23.4 Å². The predicted octanol–water partition coefficient (Wildman–Crippen LogP) is 3.29. The molecule has 6 nitrogen and oxygen atoms in total. The number of nitrogens with one attached hydrogen (secondary N) is 1. The number of thioether (sulfide) groups is 1. The molecule has 0 radical (unpaired) electrons. The summed E-state index contributed by atoms with van der Waals surface area (Å²) >= 11 is 7.45. The molecule has 0 bridgehead atoms. The number of hydrogen-bond donors (Lipinski definition) is 1. The normalized spacial score (nSPS) is 11.1. The van der Waals surface area contributed by atoms with E-state index >= 15 is 0 Å². The largest absolute Gasteiger partial charge is 0.282 e. The third-order valence-electron chi connectivity index (χ3n) is 3.08. The number of rotatable bonds is 5. The molecule has 0 aliphatic heterocycles. The van der Waals surface area contributed by atoms with E-state index in [1.165, 1.54) is 31.1 Å². The maximum Gasteiger partial charge on any atom is 0.232 e. The number of hydrogen-bond acceptors (Lipinski definition) is 6. The second-order valence-electron chi connectivity index (χ2n) is 4.54. The van der Waals surface area contributed by atoms with Crippen LogP contribution in [0.1, 0.15) is 12.5 Å². The summed E-state index contributed by atoms with van der Waals surface area (Å²) in [6.07, 6.45) is 2.99. The third kappa shape index (κ3) is 3.77. The smallest absolute Gasteiger partial charge is 0.232 e. The number of nitriles is 1. The van der Waals surface area contributed by atoms with Crippen molar-refractivity contribution in [2.45, 2.75) is 11.9 Å². The van der Waals surface area contributed by atoms with Crippen molar-refractivity contribution >= 4 is 39.1 Å². The van der Waals surface area contributed by atoms with Gasteiger partial charge in [-0.05, 0) is 25.3 Å². The van der Waals surface area contributed by atoms with Crippen LogP contribution in [-0.4, -0.2) is 30.4 Å². The number of benzene rings is 1. The molecule has 0 aliphatic carbocycles. The number of aromatic nitrogens is 2. The lowest BCUT2D eigenvalue weighted by atomic mass is 10.1. The zero-order chi connectivity index (χ0) is 17.9. The molecule has 0 saturated carbocycles. The lowest BCUT2D eigenvalue weighted by Gasteiger charge is -2.12. The highest BCUT2D eigenvalue weighted by atomic mass is 35.5. The van der Waals surface area contributed by atoms with Gasteiger partial charge in [0.2, 0.25) is 10.0 Å². The van der Waals surface area contributed by atoms with E-state index in [0.717, 1.165) is 6.07 Å². The Morgan fingerprint density at radius 3 is 2.71 bits per heavy atom. The van der Waals surface area contributed by atoms with Crippen molar-refractivity contribution in [2.24, 2.45) is 0 Å². The van der Waals surface area contributed by atoms with Crippen molar-refractivity contribution in [1.82, 2.24) is 9.97 Å². The summed E-state index contributed by atoms with van der Waals surface area (Å²) in [5.74, 6) is -0.922. The number of nitrogens with zero attached hydrogens (tertiary/aromatic N) is 3. The molecule has 1 aromatic carbocycles. The van der Waals surface area contributed by atoms with Crippen LogP contribution in [0.3, 0.4) is 0 Å². The molecule has 2 aromatic rings. The van der Waals surface area contributed by atoms with Crippen molar-refractivity contribution in [1.29, 1.82) is 5.26 Å². The molecule has 126 valence electrons. The highest BCUT2D eigenvalue weighted by Crippen LogP contribution is 2.35. The summed E-state index contributed by atoms with van der Waals surface area (Å²) in [6, 6.07) is 3.91. The number of anilines is 1. The van der Waals surface area contributed by atoms with Gasteiger partial charge in [-0.3, -0.25) is 4.72 Å². The molecule has 0 amide bonds. The summed E-state index contributed by atoms with van der Waals surface area (Å²) in [5, 5.41) is 9.71. The van der Waals surface area contributed by atoms with E-state index < -0.39 is 15.8 Å². The Labute approximate surface area is 148 Å². The standard InChI is InChI=1S/C14H12ClFN4O2S2/c1-3-24(21,22)20-11-5-9(10(16)4-8(11)6-17)13-12(15)14(23-2)19-7-18-13/h4-5,7,20H,3H2,1-2H3. The molecule has 0 unspecified atom stereocenters. The van der Waals surface area contributed by atoms with Crippen LogP contribution in [0.5, 0.6) is 0 Å². The summed E-state index contributed by atoms with van der Waals surface area (Å²) in [6.45, 7) is 1.45. The third-order valence-corrected chi connectivity index (χ3v) is 5.54. The zero-order valence-electron chi connectivity index (χ0n) is 12.7. The Balaban J connectivity index is 2.67. The number of halogens is 2. The van der Waals surface area contributed by atoms with Gasteiger partial charge in [0.1, 0.15) is 23.2 Å². The first-order valence-corrected chi connectivity index (χ1v) is 9.87. The maximum absolute atomic E-state index is 14.4. The predicted molar refractivity (Wildman–Crippen MR) is 92.0 cm³/mol. The van der Waals surface area contributed by atoms with E-state index in [4.69, 9.17) is 16.9 Å². The van der Waals surface area contributed by atoms with Gasteiger partial charge in [0.15, 0.2) is 0 Å². The molecular weight excluding hydrogens is 375 g/mol. The fourth-order valence-corrected chi connectivity index (χ4v) is 3.36. The molecule has 0 spiro atoms. The van der Waals surface area contributed by atoms with E-state index in [1.807, 2.05) is 0 Å². The van der Waals surface area contributed by atoms with Crippen LogP contribution in [0.2, 0.25) is 5.02 Å². The minimum atomic E-state index is -3.63. The quantitative estimate of drug-likeness (QED) is 0.625. The van der Waals surface area contributed by atoms with Crippen molar-refractivity contribution < 1.29 is 12.8 Å². The molecule has 1 heterocycles. The zero-order valence-corrected chi connectivity index (χ0v) is 15.1. The van der Waals surface area contributed by atoms with Crippen LogP contribution in [0.15, 0.2) is 23.5 Å². The Morgan fingerprint density at radius 1 is 1.42 bits per heavy atom. The molecular formula is C14H12ClFN4O2S2. The molecule has 0 fully saturated rings. The lowest BCUT2D eigenvalue weighted by molar-refractivity contribution is 0.602. The van der Waals surface area contributed by atoms with Crippen LogP contribution < -0.4 is 4.72 Å². The van der Waals surface area contributed by atoms with Crippen LogP contribution in [0.4, 0.5) is 10.1 Å². The van der Waals surface area contributed by atoms with E-state index in [0.29, 0.717) is 5.03 Å². The van der Waals surface area contributed by atoms with Gasteiger partial charge >= 0.3 is 0 Å². The Morgan fingerprint density at radius 2 is 2.12 bits per heavy atom. The van der Waals surface area contributed by atoms with Gasteiger partial charge in [-0.25, -0.2) is 22.8 Å². The first-order valence-electron chi connectivity index (χ1n) is 6.62. The fourth-order valence-electron chi connectivity index (χ4n) is 1.86. The van der Waals surface area contributed by atoms with Gasteiger partial charge in [0, 0.05) is 5.56 Å². The SMILES string of the molecule is CCS(=O)(=O)Nc1cc(-c2ncnc(SC)c2Cl)c(F)cc1C#N. The van der Waals surface area contributed by atoms with Gasteiger partial charge in [0.05, 0.1) is 27.7 Å². The molecule has 24 heavy (non-hydrogen) atoms. The topological polar surface area (TPSA) is 95.7 Å². The molecule has 1 aromatic heterocycles. The van der Waals surface area contributed by atoms with Crippen molar-refractivity contribution in [3.8, 4) is 17.3 Å². The monoisotopic (exact) mass is 386 g/mol. The summed E-state index contributed by atoms with van der Waals surface area (Å²) in [4.78, 5) is 7.95. The average Bonchev–Trinajstić information content (AvgIpc) is 2.56. The maximum atomic E-state index is 14.4. The summed E-state index contributed by atoms with van der Waals surface area (Å²) in [7, 11) is -3.63. The fraction of sp³-hybridized carbons (Fsp3) is 0.214. The first kappa shape index (κ1) is 18.4. The second kappa shape index (κ2) is 7.34. The first-order chi connectivity index (χ1) is 11.3. The minimum Gasteiger partial charge on any atom is -0.282 e. The van der Waals surface area contributed by atoms with Crippen molar-refractivity contribution in [3.63, 3.8) is 0 Å². The average molecular weight is 387 g/mol. The van der Waals surface area contributed by atoms with Crippen LogP contribution in [0.25, 0.3) is 11.3 Å². The molecule has 0 saturated heterocycles. The van der Waals surface area contributed by atoms with Gasteiger partial charge in [-0.2, -0.15) is 5.26 Å². The van der Waals surface area contributed by atoms with E-state index in [2.05, 4.69) is 14.7 Å². The Hall–Kier alpha value is -1.89. The summed E-state index contributed by atoms with van der Waals surface area (Å²) < 4.78 is 40.2. The lowest BCUT2D eigenvalue weighted by Crippen LogP contribution is -2.15. The van der Waals surface area contributed by atoms with E-state index in [1.54, 1.807) is 12.3 Å². The van der Waals surface area contributed by atoms with Crippen LogP contribution in [0, 0.1) is 17.1 Å². The molecule has 0 atom stereocenters. The van der Waals surface area contributed by atoms with Gasteiger partial charge in [0.25, 0.3) is 0 Å². The summed E-state index contributed by atoms with van der Waals surface area (Å²) in [5.41, 5.74) is -0.0693. The van der Waals surface area contributed by atoms with E-state index in [-0.39, 0.29) is 33.3 Å².